The van der Waals surface area contributed by atoms with E-state index < -0.39 is 11.7 Å². The quantitative estimate of drug-likeness (QED) is 0.889. The largest absolute Gasteiger partial charge is 0.388 e. The summed E-state index contributed by atoms with van der Waals surface area (Å²) in [5.74, 6) is 0.277. The average molecular weight is 342 g/mol. The van der Waals surface area contributed by atoms with Crippen molar-refractivity contribution < 1.29 is 14.6 Å². The molecule has 2 aliphatic heterocycles. The maximum Gasteiger partial charge on any atom is 0.224 e. The summed E-state index contributed by atoms with van der Waals surface area (Å²) in [6.45, 7) is 1.86. The molecule has 2 saturated heterocycles. The standard InChI is InChI=1S/C18H22N4O3/c23-16-9-21(17(24)6-7-22-13-19-12-20-22)11-18(16)8-15(10-25-18)14-4-2-1-3-5-14/h1-5,12-13,15-16,23H,6-11H2/t15-,16+,18+/m0/s1. The molecule has 7 heteroatoms. The van der Waals surface area contributed by atoms with Crippen molar-refractivity contribution in [3.8, 4) is 0 Å². The summed E-state index contributed by atoms with van der Waals surface area (Å²) in [5.41, 5.74) is 0.589. The van der Waals surface area contributed by atoms with E-state index in [0.29, 0.717) is 32.7 Å². The Balaban J connectivity index is 1.38. The first-order valence-corrected chi connectivity index (χ1v) is 8.63. The van der Waals surface area contributed by atoms with E-state index in [1.165, 1.54) is 11.9 Å². The summed E-state index contributed by atoms with van der Waals surface area (Å²) in [5, 5.41) is 14.6. The Hall–Kier alpha value is -2.25. The molecule has 0 saturated carbocycles. The van der Waals surface area contributed by atoms with Crippen LogP contribution in [0, 0.1) is 0 Å². The van der Waals surface area contributed by atoms with Crippen molar-refractivity contribution in [2.45, 2.75) is 37.0 Å². The number of nitrogens with zero attached hydrogens (tertiary/aromatic N) is 4. The number of aromatic nitrogens is 3. The molecule has 0 radical (unpaired) electrons. The third kappa shape index (κ3) is 3.17. The van der Waals surface area contributed by atoms with Gasteiger partial charge in [0.1, 0.15) is 24.4 Å². The van der Waals surface area contributed by atoms with Gasteiger partial charge in [0.2, 0.25) is 5.91 Å². The zero-order valence-corrected chi connectivity index (χ0v) is 14.0. The van der Waals surface area contributed by atoms with Crippen molar-refractivity contribution in [2.24, 2.45) is 0 Å². The third-order valence-corrected chi connectivity index (χ3v) is 5.27. The van der Waals surface area contributed by atoms with Crippen LogP contribution >= 0.6 is 0 Å². The predicted octanol–water partition coefficient (Wildman–Crippen LogP) is 0.814. The number of aliphatic hydroxyl groups excluding tert-OH is 1. The number of likely N-dealkylation sites (tertiary alicyclic amines) is 1. The lowest BCUT2D eigenvalue weighted by Gasteiger charge is -2.26. The molecule has 4 rings (SSSR count). The Morgan fingerprint density at radius 3 is 2.96 bits per heavy atom. The van der Waals surface area contributed by atoms with Crippen LogP contribution in [0.4, 0.5) is 0 Å². The normalized spacial score (nSPS) is 28.8. The molecule has 2 aromatic rings. The summed E-state index contributed by atoms with van der Waals surface area (Å²) in [4.78, 5) is 18.1. The number of rotatable bonds is 4. The first-order valence-electron chi connectivity index (χ1n) is 8.63. The number of β-amino-alcohol motifs (C(OH)–C–C–N with tert-alkyl or cyclic N) is 1. The maximum atomic E-state index is 12.5. The van der Waals surface area contributed by atoms with Crippen molar-refractivity contribution in [1.29, 1.82) is 0 Å². The van der Waals surface area contributed by atoms with Crippen molar-refractivity contribution >= 4 is 5.91 Å². The molecule has 3 heterocycles. The minimum atomic E-state index is -0.642. The van der Waals surface area contributed by atoms with Crippen LogP contribution in [0.2, 0.25) is 0 Å². The van der Waals surface area contributed by atoms with Crippen molar-refractivity contribution in [3.63, 3.8) is 0 Å². The van der Waals surface area contributed by atoms with Gasteiger partial charge in [-0.1, -0.05) is 30.3 Å². The van der Waals surface area contributed by atoms with E-state index in [0.717, 1.165) is 6.42 Å². The molecule has 0 aliphatic carbocycles. The Bertz CT molecular complexity index is 721. The molecule has 7 nitrogen and oxygen atoms in total. The van der Waals surface area contributed by atoms with Gasteiger partial charge in [0.25, 0.3) is 0 Å². The van der Waals surface area contributed by atoms with Gasteiger partial charge in [0, 0.05) is 18.9 Å². The van der Waals surface area contributed by atoms with E-state index in [9.17, 15) is 9.90 Å². The first kappa shape index (κ1) is 16.2. The number of aryl methyl sites for hydroxylation is 1. The highest BCUT2D eigenvalue weighted by Gasteiger charge is 2.53. The fraction of sp³-hybridized carbons (Fsp3) is 0.500. The topological polar surface area (TPSA) is 80.5 Å². The minimum absolute atomic E-state index is 0.0122. The fourth-order valence-electron chi connectivity index (χ4n) is 3.86. The smallest absolute Gasteiger partial charge is 0.224 e. The maximum absolute atomic E-state index is 12.5. The van der Waals surface area contributed by atoms with Crippen molar-refractivity contribution in [1.82, 2.24) is 19.7 Å². The fourth-order valence-corrected chi connectivity index (χ4v) is 3.86. The van der Waals surface area contributed by atoms with Crippen LogP contribution in [-0.2, 0) is 16.1 Å². The molecule has 0 bridgehead atoms. The molecular formula is C18H22N4O3. The molecule has 2 fully saturated rings. The summed E-state index contributed by atoms with van der Waals surface area (Å²) in [6.07, 6.45) is 3.49. The molecule has 1 N–H and O–H groups in total. The van der Waals surface area contributed by atoms with E-state index in [4.69, 9.17) is 4.74 Å². The van der Waals surface area contributed by atoms with E-state index in [2.05, 4.69) is 22.2 Å². The summed E-state index contributed by atoms with van der Waals surface area (Å²) in [7, 11) is 0. The predicted molar refractivity (Wildman–Crippen MR) is 89.7 cm³/mol. The molecule has 3 atom stereocenters. The lowest BCUT2D eigenvalue weighted by atomic mass is 9.87. The number of carbonyl (C=O) groups excluding carboxylic acids is 1. The Morgan fingerprint density at radius 2 is 2.20 bits per heavy atom. The van der Waals surface area contributed by atoms with Gasteiger partial charge in [0.15, 0.2) is 0 Å². The number of hydrogen-bond donors (Lipinski definition) is 1. The second-order valence-corrected chi connectivity index (χ2v) is 6.89. The SMILES string of the molecule is O=C(CCn1cncn1)N1C[C@@H](O)[C@@]2(C[C@H](c3ccccc3)CO2)C1. The van der Waals surface area contributed by atoms with Gasteiger partial charge in [0.05, 0.1) is 19.7 Å². The molecule has 132 valence electrons. The second kappa shape index (κ2) is 6.57. The van der Waals surface area contributed by atoms with Crippen LogP contribution in [0.5, 0.6) is 0 Å². The average Bonchev–Trinajstić information content (AvgIpc) is 3.36. The van der Waals surface area contributed by atoms with Gasteiger partial charge in [-0.15, -0.1) is 0 Å². The highest BCUT2D eigenvalue weighted by Crippen LogP contribution is 2.42. The van der Waals surface area contributed by atoms with E-state index in [1.807, 2.05) is 18.2 Å². The molecule has 1 spiro atoms. The van der Waals surface area contributed by atoms with Crippen LogP contribution in [0.3, 0.4) is 0 Å². The van der Waals surface area contributed by atoms with Crippen LogP contribution in [-0.4, -0.2) is 62.1 Å². The van der Waals surface area contributed by atoms with Gasteiger partial charge in [-0.3, -0.25) is 9.48 Å². The Kier molecular flexibility index (Phi) is 4.27. The van der Waals surface area contributed by atoms with Crippen molar-refractivity contribution in [3.05, 3.63) is 48.5 Å². The Labute approximate surface area is 146 Å². The number of carbonyl (C=O) groups is 1. The molecule has 25 heavy (non-hydrogen) atoms. The molecule has 1 aromatic heterocycles. The van der Waals surface area contributed by atoms with Gasteiger partial charge < -0.3 is 14.7 Å². The molecule has 0 unspecified atom stereocenters. The van der Waals surface area contributed by atoms with E-state index >= 15 is 0 Å². The number of hydrogen-bond acceptors (Lipinski definition) is 5. The summed E-state index contributed by atoms with van der Waals surface area (Å²) < 4.78 is 7.68. The van der Waals surface area contributed by atoms with Gasteiger partial charge in [-0.05, 0) is 12.0 Å². The van der Waals surface area contributed by atoms with Crippen molar-refractivity contribution in [2.75, 3.05) is 19.7 Å². The molecule has 1 amide bonds. The molecular weight excluding hydrogens is 320 g/mol. The summed E-state index contributed by atoms with van der Waals surface area (Å²) >= 11 is 0. The molecule has 2 aliphatic rings. The lowest BCUT2D eigenvalue weighted by Crippen LogP contribution is -2.41. The zero-order chi connectivity index (χ0) is 17.3. The number of aliphatic hydroxyl groups is 1. The Morgan fingerprint density at radius 1 is 1.36 bits per heavy atom. The number of benzene rings is 1. The minimum Gasteiger partial charge on any atom is -0.388 e. The van der Waals surface area contributed by atoms with Gasteiger partial charge >= 0.3 is 0 Å². The highest BCUT2D eigenvalue weighted by molar-refractivity contribution is 5.76. The molecule has 1 aromatic carbocycles. The van der Waals surface area contributed by atoms with E-state index in [-0.39, 0.29) is 11.8 Å². The lowest BCUT2D eigenvalue weighted by molar-refractivity contribution is -0.131. The summed E-state index contributed by atoms with van der Waals surface area (Å²) in [6, 6.07) is 10.2. The van der Waals surface area contributed by atoms with Crippen LogP contribution < -0.4 is 0 Å². The third-order valence-electron chi connectivity index (χ3n) is 5.27. The van der Waals surface area contributed by atoms with Crippen LogP contribution in [0.15, 0.2) is 43.0 Å². The number of amides is 1. The van der Waals surface area contributed by atoms with Crippen LogP contribution in [0.25, 0.3) is 0 Å². The zero-order valence-electron chi connectivity index (χ0n) is 14.0. The highest BCUT2D eigenvalue weighted by atomic mass is 16.5. The number of ether oxygens (including phenoxy) is 1. The van der Waals surface area contributed by atoms with Gasteiger partial charge in [-0.2, -0.15) is 5.10 Å². The second-order valence-electron chi connectivity index (χ2n) is 6.89. The van der Waals surface area contributed by atoms with Gasteiger partial charge in [-0.25, -0.2) is 4.98 Å². The first-order chi connectivity index (χ1) is 12.2. The van der Waals surface area contributed by atoms with E-state index in [1.54, 1.807) is 15.9 Å². The van der Waals surface area contributed by atoms with Crippen LogP contribution in [0.1, 0.15) is 24.3 Å². The monoisotopic (exact) mass is 342 g/mol.